The van der Waals surface area contributed by atoms with Crippen LogP contribution in [-0.4, -0.2) is 93.1 Å². The van der Waals surface area contributed by atoms with Crippen LogP contribution in [0, 0.1) is 5.92 Å². The molecule has 11 heteroatoms. The lowest BCUT2D eigenvalue weighted by atomic mass is 10.1. The summed E-state index contributed by atoms with van der Waals surface area (Å²) in [4.78, 5) is 43.5. The summed E-state index contributed by atoms with van der Waals surface area (Å²) >= 11 is 0. The number of nitrogens with one attached hydrogen (secondary N) is 2. The van der Waals surface area contributed by atoms with Crippen LogP contribution in [0.1, 0.15) is 69.4 Å². The Labute approximate surface area is 235 Å². The number of fused-ring (bicyclic) bond motifs is 2. The van der Waals surface area contributed by atoms with E-state index in [0.29, 0.717) is 29.9 Å². The zero-order valence-electron chi connectivity index (χ0n) is 24.1. The molecule has 0 radical (unpaired) electrons. The first kappa shape index (κ1) is 26.7. The summed E-state index contributed by atoms with van der Waals surface area (Å²) in [5, 5.41) is 7.28. The largest absolute Gasteiger partial charge is 0.444 e. The predicted molar refractivity (Wildman–Crippen MR) is 154 cm³/mol. The van der Waals surface area contributed by atoms with Crippen molar-refractivity contribution in [2.24, 2.45) is 10.9 Å². The zero-order valence-corrected chi connectivity index (χ0v) is 24.1. The summed E-state index contributed by atoms with van der Waals surface area (Å²) in [6.07, 6.45) is 11.0. The van der Waals surface area contributed by atoms with Gasteiger partial charge in [-0.2, -0.15) is 4.98 Å². The Morgan fingerprint density at radius 3 is 2.65 bits per heavy atom. The summed E-state index contributed by atoms with van der Waals surface area (Å²) in [6.45, 7) is 8.00. The van der Waals surface area contributed by atoms with Gasteiger partial charge in [0.1, 0.15) is 22.8 Å². The maximum Gasteiger partial charge on any atom is 0.408 e. The summed E-state index contributed by atoms with van der Waals surface area (Å²) < 4.78 is 7.60. The van der Waals surface area contributed by atoms with Gasteiger partial charge in [0.25, 0.3) is 5.91 Å². The molecule has 214 valence electrons. The lowest BCUT2D eigenvalue weighted by Crippen LogP contribution is -2.47. The van der Waals surface area contributed by atoms with Gasteiger partial charge >= 0.3 is 6.09 Å². The van der Waals surface area contributed by atoms with E-state index in [0.717, 1.165) is 56.2 Å². The smallest absolute Gasteiger partial charge is 0.408 e. The van der Waals surface area contributed by atoms with E-state index >= 15 is 0 Å². The maximum absolute atomic E-state index is 13.0. The van der Waals surface area contributed by atoms with Crippen LogP contribution in [0.25, 0.3) is 11.0 Å². The molecule has 2 aromatic heterocycles. The van der Waals surface area contributed by atoms with Gasteiger partial charge in [-0.15, -0.1) is 0 Å². The van der Waals surface area contributed by atoms with Crippen LogP contribution in [0.3, 0.4) is 0 Å². The quantitative estimate of drug-likeness (QED) is 0.586. The molecule has 4 aliphatic rings. The minimum atomic E-state index is -0.507. The van der Waals surface area contributed by atoms with E-state index in [1.165, 1.54) is 0 Å². The van der Waals surface area contributed by atoms with Crippen molar-refractivity contribution >= 4 is 34.8 Å². The number of hydrogen-bond donors (Lipinski definition) is 2. The molecule has 2 aliphatic carbocycles. The highest BCUT2D eigenvalue weighted by Crippen LogP contribution is 2.50. The van der Waals surface area contributed by atoms with E-state index in [-0.39, 0.29) is 29.6 Å². The lowest BCUT2D eigenvalue weighted by molar-refractivity contribution is 0.0490. The van der Waals surface area contributed by atoms with Gasteiger partial charge in [-0.25, -0.2) is 9.78 Å². The Kier molecular flexibility index (Phi) is 6.59. The maximum atomic E-state index is 13.0. The number of carbonyl (C=O) groups is 2. The molecule has 3 unspecified atom stereocenters. The number of likely N-dealkylation sites (tertiary alicyclic amines) is 1. The van der Waals surface area contributed by atoms with Crippen molar-refractivity contribution in [2.75, 3.05) is 39.0 Å². The van der Waals surface area contributed by atoms with Gasteiger partial charge < -0.3 is 24.8 Å². The number of anilines is 1. The predicted octanol–water partition coefficient (Wildman–Crippen LogP) is 3.60. The van der Waals surface area contributed by atoms with Crippen LogP contribution in [0.15, 0.2) is 29.4 Å². The Hall–Kier alpha value is -3.47. The van der Waals surface area contributed by atoms with Gasteiger partial charge in [0.2, 0.25) is 5.95 Å². The van der Waals surface area contributed by atoms with Crippen molar-refractivity contribution in [3.8, 4) is 0 Å². The normalized spacial score (nSPS) is 26.5. The number of dihydropyridines is 1. The van der Waals surface area contributed by atoms with Crippen LogP contribution < -0.4 is 10.6 Å². The highest BCUT2D eigenvalue weighted by Gasteiger charge is 2.62. The molecule has 2 N–H and O–H groups in total. The molecule has 3 fully saturated rings. The van der Waals surface area contributed by atoms with E-state index in [1.807, 2.05) is 32.9 Å². The van der Waals surface area contributed by atoms with E-state index in [9.17, 15) is 9.59 Å². The number of amides is 2. The minimum absolute atomic E-state index is 0.0207. The molecule has 3 atom stereocenters. The van der Waals surface area contributed by atoms with Crippen molar-refractivity contribution in [2.45, 2.75) is 76.1 Å². The summed E-state index contributed by atoms with van der Waals surface area (Å²) in [5.74, 6) is 1.62. The van der Waals surface area contributed by atoms with Gasteiger partial charge in [0.05, 0.1) is 12.1 Å². The molecule has 2 aromatic rings. The molecule has 4 heterocycles. The number of aliphatic imine (C=N–C) groups is 1. The first-order valence-electron chi connectivity index (χ1n) is 14.4. The molecule has 11 nitrogen and oxygen atoms in total. The van der Waals surface area contributed by atoms with Crippen molar-refractivity contribution in [3.05, 3.63) is 30.1 Å². The molecule has 0 bridgehead atoms. The molecule has 2 aliphatic heterocycles. The highest BCUT2D eigenvalue weighted by molar-refractivity contribution is 6.04. The van der Waals surface area contributed by atoms with Gasteiger partial charge in [-0.1, -0.05) is 18.9 Å². The number of nitrogens with zero attached hydrogens (tertiary/aromatic N) is 6. The van der Waals surface area contributed by atoms with Gasteiger partial charge in [-0.05, 0) is 58.1 Å². The molecule has 0 spiro atoms. The third kappa shape index (κ3) is 5.18. The molecule has 40 heavy (non-hydrogen) atoms. The second-order valence-electron chi connectivity index (χ2n) is 12.9. The fraction of sp³-hybridized carbons (Fsp3) is 0.621. The van der Waals surface area contributed by atoms with Crippen molar-refractivity contribution in [1.82, 2.24) is 29.7 Å². The Bertz CT molecular complexity index is 1380. The van der Waals surface area contributed by atoms with Crippen LogP contribution in [0.5, 0.6) is 0 Å². The van der Waals surface area contributed by atoms with Gasteiger partial charge in [0, 0.05) is 50.9 Å². The number of rotatable bonds is 5. The topological polar surface area (TPSA) is 117 Å². The Balaban J connectivity index is 1.12. The second kappa shape index (κ2) is 9.87. The average molecular weight is 549 g/mol. The van der Waals surface area contributed by atoms with E-state index < -0.39 is 5.60 Å². The molecule has 2 amide bonds. The Morgan fingerprint density at radius 2 is 1.98 bits per heavy atom. The molecule has 2 saturated carbocycles. The third-order valence-corrected chi connectivity index (χ3v) is 8.45. The van der Waals surface area contributed by atoms with Crippen LogP contribution in [0.2, 0.25) is 0 Å². The number of piperidine rings is 1. The number of ether oxygens (including phenoxy) is 1. The average Bonchev–Trinajstić information content (AvgIpc) is 3.30. The fourth-order valence-electron chi connectivity index (χ4n) is 6.41. The highest BCUT2D eigenvalue weighted by atomic mass is 16.6. The second-order valence-corrected chi connectivity index (χ2v) is 12.9. The van der Waals surface area contributed by atoms with Crippen LogP contribution >= 0.6 is 0 Å². The monoisotopic (exact) mass is 548 g/mol. The summed E-state index contributed by atoms with van der Waals surface area (Å²) in [7, 11) is 3.56. The van der Waals surface area contributed by atoms with E-state index in [2.05, 4.69) is 31.2 Å². The van der Waals surface area contributed by atoms with E-state index in [4.69, 9.17) is 14.7 Å². The van der Waals surface area contributed by atoms with E-state index in [1.54, 1.807) is 25.2 Å². The van der Waals surface area contributed by atoms with Crippen LogP contribution in [0.4, 0.5) is 10.7 Å². The SMILES string of the molecule is CN(C)C(=O)c1cc2cnc(NC3=NCC(N4CC5CC5(NC(=O)OC(C)(C)C)C4)C=C3)nc2n1C1CCCC1. The number of amidine groups is 1. The Morgan fingerprint density at radius 1 is 1.20 bits per heavy atom. The first-order valence-corrected chi connectivity index (χ1v) is 14.4. The van der Waals surface area contributed by atoms with Crippen LogP contribution in [-0.2, 0) is 4.74 Å². The van der Waals surface area contributed by atoms with Crippen molar-refractivity contribution < 1.29 is 14.3 Å². The fourth-order valence-corrected chi connectivity index (χ4v) is 6.41. The molecule has 1 saturated heterocycles. The lowest BCUT2D eigenvalue weighted by Gasteiger charge is -2.29. The number of alkyl carbamates (subject to hydrolysis) is 1. The molecule has 6 rings (SSSR count). The van der Waals surface area contributed by atoms with Gasteiger partial charge in [0.15, 0.2) is 0 Å². The molecular weight excluding hydrogens is 508 g/mol. The molecular formula is C29H40N8O3. The molecule has 0 aromatic carbocycles. The summed E-state index contributed by atoms with van der Waals surface area (Å²) in [5.41, 5.74) is 0.765. The zero-order chi connectivity index (χ0) is 28.2. The number of carbonyl (C=O) groups excluding carboxylic acids is 2. The van der Waals surface area contributed by atoms with Crippen molar-refractivity contribution in [1.29, 1.82) is 0 Å². The number of aromatic nitrogens is 3. The number of hydrogen-bond acceptors (Lipinski definition) is 8. The third-order valence-electron chi connectivity index (χ3n) is 8.45. The summed E-state index contributed by atoms with van der Waals surface area (Å²) in [6, 6.07) is 2.36. The first-order chi connectivity index (χ1) is 19.0. The standard InChI is InChI=1S/C29H40N8O3/c1-28(2,3)40-27(39)34-29-13-19(29)16-36(17-29)21-10-11-23(30-15-21)32-26-31-14-18-12-22(25(38)35(4)5)37(24(18)33-26)20-8-6-7-9-20/h10-12,14,19-21H,6-9,13,15-17H2,1-5H3,(H,34,39)(H,30,31,32,33). The minimum Gasteiger partial charge on any atom is -0.444 e. The van der Waals surface area contributed by atoms with Gasteiger partial charge in [-0.3, -0.25) is 14.7 Å². The van der Waals surface area contributed by atoms with Crippen molar-refractivity contribution in [3.63, 3.8) is 0 Å².